The average molecular weight is 522 g/mol. The number of amides is 4. The van der Waals surface area contributed by atoms with E-state index in [4.69, 9.17) is 4.74 Å². The molecule has 11 nitrogen and oxygen atoms in total. The van der Waals surface area contributed by atoms with Crippen LogP contribution in [0.15, 0.2) is 30.5 Å². The van der Waals surface area contributed by atoms with Gasteiger partial charge in [0.1, 0.15) is 17.6 Å². The smallest absolute Gasteiger partial charge is 0.412 e. The second kappa shape index (κ2) is 10.3. The number of hydrogen-bond donors (Lipinski definition) is 2. The van der Waals surface area contributed by atoms with Gasteiger partial charge in [-0.2, -0.15) is 0 Å². The number of nitrogens with one attached hydrogen (secondary N) is 1. The van der Waals surface area contributed by atoms with Gasteiger partial charge in [-0.25, -0.2) is 9.78 Å². The van der Waals surface area contributed by atoms with Crippen LogP contribution in [0.5, 0.6) is 5.75 Å². The molecular weight excluding hydrogens is 490 g/mol. The van der Waals surface area contributed by atoms with Crippen LogP contribution in [0.4, 0.5) is 16.3 Å². The molecule has 4 heterocycles. The van der Waals surface area contributed by atoms with Crippen LogP contribution in [0.3, 0.4) is 0 Å². The van der Waals surface area contributed by atoms with Gasteiger partial charge in [-0.3, -0.25) is 24.6 Å². The Hall–Kier alpha value is -4.15. The number of carboxylic acid groups (broad SMARTS) is 1. The summed E-state index contributed by atoms with van der Waals surface area (Å²) in [5, 5.41) is 12.3. The zero-order chi connectivity index (χ0) is 27.0. The molecule has 5 rings (SSSR count). The third-order valence-corrected chi connectivity index (χ3v) is 7.61. The third-order valence-electron chi connectivity index (χ3n) is 7.61. The molecule has 38 heavy (non-hydrogen) atoms. The molecule has 1 aromatic carbocycles. The second-order valence-corrected chi connectivity index (χ2v) is 10.0. The Labute approximate surface area is 220 Å². The molecule has 0 aliphatic carbocycles. The first-order valence-corrected chi connectivity index (χ1v) is 12.8. The first-order chi connectivity index (χ1) is 18.3. The van der Waals surface area contributed by atoms with Crippen LogP contribution >= 0.6 is 0 Å². The summed E-state index contributed by atoms with van der Waals surface area (Å²) in [6, 6.07) is 6.60. The highest BCUT2D eigenvalue weighted by atomic mass is 16.5. The fourth-order valence-corrected chi connectivity index (χ4v) is 5.56. The average Bonchev–Trinajstić information content (AvgIpc) is 3.23. The largest absolute Gasteiger partial charge is 0.496 e. The first-order valence-electron chi connectivity index (χ1n) is 12.8. The number of imide groups is 1. The predicted octanol–water partition coefficient (Wildman–Crippen LogP) is 2.91. The summed E-state index contributed by atoms with van der Waals surface area (Å²) in [5.74, 6) is 0.0758. The molecule has 0 bridgehead atoms. The van der Waals surface area contributed by atoms with Crippen molar-refractivity contribution in [3.63, 3.8) is 0 Å². The number of hydrogen-bond acceptors (Lipinski definition) is 7. The summed E-state index contributed by atoms with van der Waals surface area (Å²) in [7, 11) is 1.48. The number of benzene rings is 1. The number of fused-ring (bicyclic) bond motifs is 1. The number of methoxy groups -OCH3 is 1. The first kappa shape index (κ1) is 25.5. The fraction of sp³-hybridized carbons (Fsp3) is 0.444. The highest BCUT2D eigenvalue weighted by Crippen LogP contribution is 2.35. The van der Waals surface area contributed by atoms with E-state index in [-0.39, 0.29) is 37.7 Å². The molecule has 1 aromatic heterocycles. The molecule has 2 N–H and O–H groups in total. The maximum Gasteiger partial charge on any atom is 0.412 e. The van der Waals surface area contributed by atoms with Crippen LogP contribution in [0, 0.1) is 0 Å². The lowest BCUT2D eigenvalue weighted by Crippen LogP contribution is -2.52. The number of pyridine rings is 1. The maximum absolute atomic E-state index is 13.3. The number of nitrogens with zero attached hydrogens (tertiary/aromatic N) is 4. The summed E-state index contributed by atoms with van der Waals surface area (Å²) in [5.41, 5.74) is 1.98. The SMILES string of the molecule is COc1cc(CN(C(=O)O)c2ccc(N3CCCC[C@@H]3C)nc2)cc2c1CN(C1CCC(=O)NC1=O)C2=O. The number of carbonyl (C=O) groups is 4. The molecule has 2 saturated heterocycles. The van der Waals surface area contributed by atoms with Gasteiger partial charge >= 0.3 is 6.09 Å². The lowest BCUT2D eigenvalue weighted by atomic mass is 10.0. The van der Waals surface area contributed by atoms with Gasteiger partial charge in [0.05, 0.1) is 32.1 Å². The zero-order valence-electron chi connectivity index (χ0n) is 21.5. The van der Waals surface area contributed by atoms with Crippen molar-refractivity contribution in [2.45, 2.75) is 64.2 Å². The van der Waals surface area contributed by atoms with Gasteiger partial charge in [0, 0.05) is 30.1 Å². The number of rotatable bonds is 6. The van der Waals surface area contributed by atoms with Crippen molar-refractivity contribution >= 4 is 35.3 Å². The van der Waals surface area contributed by atoms with Gasteiger partial charge in [-0.05, 0) is 62.4 Å². The van der Waals surface area contributed by atoms with Gasteiger partial charge in [-0.15, -0.1) is 0 Å². The molecule has 3 aliphatic rings. The van der Waals surface area contributed by atoms with E-state index in [2.05, 4.69) is 22.1 Å². The van der Waals surface area contributed by atoms with Crippen LogP contribution in [0.1, 0.15) is 60.5 Å². The molecule has 200 valence electrons. The topological polar surface area (TPSA) is 132 Å². The number of carbonyl (C=O) groups excluding carboxylic acids is 3. The molecule has 1 unspecified atom stereocenters. The lowest BCUT2D eigenvalue weighted by Gasteiger charge is -2.34. The van der Waals surface area contributed by atoms with E-state index < -0.39 is 18.0 Å². The number of anilines is 2. The highest BCUT2D eigenvalue weighted by molar-refractivity contribution is 6.05. The van der Waals surface area contributed by atoms with Crippen molar-refractivity contribution in [2.75, 3.05) is 23.5 Å². The van der Waals surface area contributed by atoms with Gasteiger partial charge in [-0.1, -0.05) is 0 Å². The monoisotopic (exact) mass is 521 g/mol. The van der Waals surface area contributed by atoms with Crippen molar-refractivity contribution in [3.05, 3.63) is 47.2 Å². The van der Waals surface area contributed by atoms with E-state index in [0.29, 0.717) is 34.2 Å². The summed E-state index contributed by atoms with van der Waals surface area (Å²) in [6.45, 7) is 3.25. The van der Waals surface area contributed by atoms with E-state index in [0.717, 1.165) is 25.2 Å². The molecule has 4 amide bonds. The number of piperidine rings is 2. The molecule has 2 fully saturated rings. The molecular formula is C27H31N5O6. The third kappa shape index (κ3) is 4.75. The normalized spacial score (nSPS) is 21.3. The second-order valence-electron chi connectivity index (χ2n) is 10.0. The van der Waals surface area contributed by atoms with Crippen molar-refractivity contribution in [3.8, 4) is 5.75 Å². The minimum atomic E-state index is -1.15. The zero-order valence-corrected chi connectivity index (χ0v) is 21.5. The van der Waals surface area contributed by atoms with Gasteiger partial charge in [0.15, 0.2) is 0 Å². The standard InChI is InChI=1S/C27H31N5O6/c1-16-5-3-4-10-30(16)23-8-6-18(13-28-23)31(27(36)37)14-17-11-19-20(22(12-17)38-2)15-32(26(19)35)21-7-9-24(33)29-25(21)34/h6,8,11-13,16,21H,3-5,7,9-10,14-15H2,1-2H3,(H,36,37)(H,29,33,34)/t16-,21?/m0/s1. The molecule has 2 aromatic rings. The Kier molecular flexibility index (Phi) is 6.92. The van der Waals surface area contributed by atoms with Crippen LogP contribution in [-0.2, 0) is 22.7 Å². The highest BCUT2D eigenvalue weighted by Gasteiger charge is 2.40. The van der Waals surface area contributed by atoms with E-state index in [1.165, 1.54) is 23.3 Å². The van der Waals surface area contributed by atoms with E-state index in [9.17, 15) is 24.3 Å². The molecule has 11 heteroatoms. The maximum atomic E-state index is 13.3. The summed E-state index contributed by atoms with van der Waals surface area (Å²) in [4.78, 5) is 58.9. The van der Waals surface area contributed by atoms with Crippen LogP contribution < -0.4 is 19.9 Å². The fourth-order valence-electron chi connectivity index (χ4n) is 5.56. The van der Waals surface area contributed by atoms with Crippen LogP contribution in [0.25, 0.3) is 0 Å². The molecule has 0 saturated carbocycles. The molecule has 3 aliphatic heterocycles. The van der Waals surface area contributed by atoms with Gasteiger partial charge < -0.3 is 19.6 Å². The van der Waals surface area contributed by atoms with Crippen LogP contribution in [0.2, 0.25) is 0 Å². The van der Waals surface area contributed by atoms with E-state index in [1.807, 2.05) is 6.07 Å². The minimum Gasteiger partial charge on any atom is -0.496 e. The van der Waals surface area contributed by atoms with E-state index >= 15 is 0 Å². The Morgan fingerprint density at radius 2 is 2.00 bits per heavy atom. The number of aromatic nitrogens is 1. The Morgan fingerprint density at radius 1 is 1.18 bits per heavy atom. The van der Waals surface area contributed by atoms with Gasteiger partial charge in [0.2, 0.25) is 11.8 Å². The molecule has 0 radical (unpaired) electrons. The van der Waals surface area contributed by atoms with Crippen molar-refractivity contribution in [2.24, 2.45) is 0 Å². The Morgan fingerprint density at radius 3 is 2.66 bits per heavy atom. The minimum absolute atomic E-state index is 0.0220. The predicted molar refractivity (Wildman–Crippen MR) is 138 cm³/mol. The summed E-state index contributed by atoms with van der Waals surface area (Å²) >= 11 is 0. The number of ether oxygens (including phenoxy) is 1. The lowest BCUT2D eigenvalue weighted by molar-refractivity contribution is -0.136. The Bertz CT molecular complexity index is 1280. The molecule has 0 spiro atoms. The van der Waals surface area contributed by atoms with Crippen molar-refractivity contribution in [1.82, 2.24) is 15.2 Å². The summed E-state index contributed by atoms with van der Waals surface area (Å²) < 4.78 is 5.55. The van der Waals surface area contributed by atoms with Crippen LogP contribution in [-0.4, -0.2) is 64.5 Å². The Balaban J connectivity index is 1.38. The van der Waals surface area contributed by atoms with Crippen molar-refractivity contribution in [1.29, 1.82) is 0 Å². The van der Waals surface area contributed by atoms with Crippen molar-refractivity contribution < 1.29 is 29.0 Å². The summed E-state index contributed by atoms with van der Waals surface area (Å²) in [6.07, 6.45) is 4.23. The van der Waals surface area contributed by atoms with Gasteiger partial charge in [0.25, 0.3) is 5.91 Å². The van der Waals surface area contributed by atoms with E-state index in [1.54, 1.807) is 24.4 Å². The molecule has 2 atom stereocenters. The quantitative estimate of drug-likeness (QED) is 0.555.